The predicted molar refractivity (Wildman–Crippen MR) is 89.4 cm³/mol. The summed E-state index contributed by atoms with van der Waals surface area (Å²) >= 11 is 3.10. The van der Waals surface area contributed by atoms with Crippen molar-refractivity contribution in [2.45, 2.75) is 20.8 Å². The van der Waals surface area contributed by atoms with Gasteiger partial charge in [0.2, 0.25) is 0 Å². The molecule has 0 saturated carbocycles. The second kappa shape index (κ2) is 6.27. The number of carbonyl (C=O) groups excluding carboxylic acids is 1. The lowest BCUT2D eigenvalue weighted by Gasteiger charge is -2.13. The molecule has 0 bridgehead atoms. The summed E-state index contributed by atoms with van der Waals surface area (Å²) in [5, 5.41) is 13.8. The Balaban J connectivity index is 2.34. The van der Waals surface area contributed by atoms with E-state index in [1.165, 1.54) is 12.1 Å². The van der Waals surface area contributed by atoms with Crippen molar-refractivity contribution in [3.05, 3.63) is 67.2 Å². The van der Waals surface area contributed by atoms with E-state index in [4.69, 9.17) is 0 Å². The Morgan fingerprint density at radius 2 is 1.73 bits per heavy atom. The third-order valence-electron chi connectivity index (χ3n) is 3.32. The highest BCUT2D eigenvalue weighted by molar-refractivity contribution is 9.10. The lowest BCUT2D eigenvalue weighted by Crippen LogP contribution is -2.14. The summed E-state index contributed by atoms with van der Waals surface area (Å²) in [5.41, 5.74) is 3.88. The van der Waals surface area contributed by atoms with E-state index in [-0.39, 0.29) is 17.2 Å². The van der Waals surface area contributed by atoms with Gasteiger partial charge >= 0.3 is 0 Å². The van der Waals surface area contributed by atoms with Crippen molar-refractivity contribution in [2.75, 3.05) is 5.32 Å². The molecule has 2 aromatic rings. The Morgan fingerprint density at radius 1 is 1.14 bits per heavy atom. The quantitative estimate of drug-likeness (QED) is 0.643. The third-order valence-corrected chi connectivity index (χ3v) is 3.99. The maximum absolute atomic E-state index is 12.3. The van der Waals surface area contributed by atoms with E-state index in [0.29, 0.717) is 4.47 Å². The number of hydrogen-bond donors (Lipinski definition) is 1. The molecule has 6 heteroatoms. The molecular weight excluding hydrogens is 348 g/mol. The zero-order valence-corrected chi connectivity index (χ0v) is 14.0. The van der Waals surface area contributed by atoms with Gasteiger partial charge in [-0.05, 0) is 60.0 Å². The summed E-state index contributed by atoms with van der Waals surface area (Å²) in [5.74, 6) is -0.370. The first-order chi connectivity index (χ1) is 10.3. The fraction of sp³-hybridized carbons (Fsp3) is 0.188. The van der Waals surface area contributed by atoms with Gasteiger partial charge in [0.25, 0.3) is 11.6 Å². The number of nitro benzene ring substituents is 1. The van der Waals surface area contributed by atoms with E-state index < -0.39 is 4.92 Å². The van der Waals surface area contributed by atoms with Gasteiger partial charge in [-0.2, -0.15) is 0 Å². The molecule has 0 atom stereocenters. The van der Waals surface area contributed by atoms with Gasteiger partial charge in [0, 0.05) is 17.3 Å². The second-order valence-corrected chi connectivity index (χ2v) is 6.01. The van der Waals surface area contributed by atoms with Crippen LogP contribution in [-0.2, 0) is 0 Å². The van der Waals surface area contributed by atoms with E-state index in [2.05, 4.69) is 21.2 Å². The molecule has 1 N–H and O–H groups in total. The van der Waals surface area contributed by atoms with Crippen LogP contribution in [0.2, 0.25) is 0 Å². The van der Waals surface area contributed by atoms with Crippen molar-refractivity contribution in [3.8, 4) is 0 Å². The number of carbonyl (C=O) groups is 1. The Kier molecular flexibility index (Phi) is 4.61. The zero-order valence-electron chi connectivity index (χ0n) is 12.4. The first kappa shape index (κ1) is 16.2. The highest BCUT2D eigenvalue weighted by Crippen LogP contribution is 2.27. The minimum absolute atomic E-state index is 0.134. The maximum Gasteiger partial charge on any atom is 0.284 e. The van der Waals surface area contributed by atoms with Crippen molar-refractivity contribution in [1.29, 1.82) is 0 Å². The molecule has 0 radical (unpaired) electrons. The number of nitrogens with zero attached hydrogens (tertiary/aromatic N) is 1. The summed E-state index contributed by atoms with van der Waals surface area (Å²) < 4.78 is 0.344. The Morgan fingerprint density at radius 3 is 2.27 bits per heavy atom. The monoisotopic (exact) mass is 362 g/mol. The predicted octanol–water partition coefficient (Wildman–Crippen LogP) is 4.53. The smallest absolute Gasteiger partial charge is 0.284 e. The summed E-state index contributed by atoms with van der Waals surface area (Å²) in [6.07, 6.45) is 0. The van der Waals surface area contributed by atoms with Gasteiger partial charge in [-0.1, -0.05) is 17.7 Å². The number of rotatable bonds is 3. The van der Waals surface area contributed by atoms with E-state index in [1.54, 1.807) is 6.07 Å². The average Bonchev–Trinajstić information content (AvgIpc) is 2.42. The van der Waals surface area contributed by atoms with Gasteiger partial charge in [0.05, 0.1) is 9.40 Å². The van der Waals surface area contributed by atoms with Crippen LogP contribution < -0.4 is 5.32 Å². The van der Waals surface area contributed by atoms with Gasteiger partial charge in [0.1, 0.15) is 0 Å². The number of nitrogens with one attached hydrogen (secondary N) is 1. The molecule has 0 saturated heterocycles. The molecule has 0 aromatic heterocycles. The molecule has 1 amide bonds. The molecule has 0 aliphatic heterocycles. The van der Waals surface area contributed by atoms with Crippen molar-refractivity contribution < 1.29 is 9.72 Å². The number of anilines is 1. The van der Waals surface area contributed by atoms with Crippen LogP contribution in [0, 0.1) is 30.9 Å². The number of nitro groups is 1. The van der Waals surface area contributed by atoms with Gasteiger partial charge in [-0.15, -0.1) is 0 Å². The van der Waals surface area contributed by atoms with Crippen LogP contribution in [0.4, 0.5) is 11.4 Å². The second-order valence-electron chi connectivity index (χ2n) is 5.15. The number of halogens is 1. The highest BCUT2D eigenvalue weighted by Gasteiger charge is 2.17. The summed E-state index contributed by atoms with van der Waals surface area (Å²) in [6, 6.07) is 8.27. The molecule has 0 heterocycles. The van der Waals surface area contributed by atoms with Crippen LogP contribution in [0.15, 0.2) is 34.8 Å². The minimum atomic E-state index is -0.525. The maximum atomic E-state index is 12.3. The lowest BCUT2D eigenvalue weighted by atomic mass is 10.0. The third kappa shape index (κ3) is 3.33. The van der Waals surface area contributed by atoms with Crippen LogP contribution in [0.1, 0.15) is 27.0 Å². The molecule has 2 aromatic carbocycles. The summed E-state index contributed by atoms with van der Waals surface area (Å²) in [4.78, 5) is 22.8. The zero-order chi connectivity index (χ0) is 16.4. The van der Waals surface area contributed by atoms with Crippen LogP contribution in [0.5, 0.6) is 0 Å². The Hall–Kier alpha value is -2.21. The molecular formula is C16H15BrN2O3. The van der Waals surface area contributed by atoms with Crippen LogP contribution in [0.3, 0.4) is 0 Å². The van der Waals surface area contributed by atoms with Crippen LogP contribution in [-0.4, -0.2) is 10.8 Å². The minimum Gasteiger partial charge on any atom is -0.321 e. The fourth-order valence-electron chi connectivity index (χ4n) is 2.36. The highest BCUT2D eigenvalue weighted by atomic mass is 79.9. The summed E-state index contributed by atoms with van der Waals surface area (Å²) in [7, 11) is 0. The topological polar surface area (TPSA) is 72.2 Å². The van der Waals surface area contributed by atoms with Gasteiger partial charge in [-0.3, -0.25) is 14.9 Å². The molecule has 114 valence electrons. The van der Waals surface area contributed by atoms with Crippen molar-refractivity contribution in [2.24, 2.45) is 0 Å². The van der Waals surface area contributed by atoms with E-state index in [9.17, 15) is 14.9 Å². The molecule has 0 spiro atoms. The number of amides is 1. The van der Waals surface area contributed by atoms with Gasteiger partial charge in [-0.25, -0.2) is 0 Å². The van der Waals surface area contributed by atoms with Crippen molar-refractivity contribution >= 4 is 33.2 Å². The largest absolute Gasteiger partial charge is 0.321 e. The lowest BCUT2D eigenvalue weighted by molar-refractivity contribution is -0.385. The van der Waals surface area contributed by atoms with Gasteiger partial charge < -0.3 is 5.32 Å². The molecule has 22 heavy (non-hydrogen) atoms. The normalized spacial score (nSPS) is 10.4. The molecule has 0 fully saturated rings. The SMILES string of the molecule is Cc1cc(C)c(NC(=O)c2ccc(Br)c([N+](=O)[O-])c2)c(C)c1. The van der Waals surface area contributed by atoms with Crippen molar-refractivity contribution in [3.63, 3.8) is 0 Å². The van der Waals surface area contributed by atoms with Crippen molar-refractivity contribution in [1.82, 2.24) is 0 Å². The average molecular weight is 363 g/mol. The standard InChI is InChI=1S/C16H15BrN2O3/c1-9-6-10(2)15(11(3)7-9)18-16(20)12-4-5-13(17)14(8-12)19(21)22/h4-8H,1-3H3,(H,18,20). The molecule has 0 aliphatic carbocycles. The van der Waals surface area contributed by atoms with E-state index in [1.807, 2.05) is 32.9 Å². The van der Waals surface area contributed by atoms with Gasteiger partial charge in [0.15, 0.2) is 0 Å². The summed E-state index contributed by atoms with van der Waals surface area (Å²) in [6.45, 7) is 5.82. The molecule has 5 nitrogen and oxygen atoms in total. The van der Waals surface area contributed by atoms with E-state index in [0.717, 1.165) is 22.4 Å². The Labute approximate surface area is 136 Å². The number of hydrogen-bond acceptors (Lipinski definition) is 3. The molecule has 0 unspecified atom stereocenters. The molecule has 0 aliphatic rings. The van der Waals surface area contributed by atoms with Crippen LogP contribution in [0.25, 0.3) is 0 Å². The van der Waals surface area contributed by atoms with E-state index >= 15 is 0 Å². The molecule has 2 rings (SSSR count). The Bertz CT molecular complexity index is 749. The fourth-order valence-corrected chi connectivity index (χ4v) is 2.75. The number of benzene rings is 2. The first-order valence-electron chi connectivity index (χ1n) is 6.62. The van der Waals surface area contributed by atoms with Crippen LogP contribution >= 0.6 is 15.9 Å². The number of aryl methyl sites for hydroxylation is 3. The first-order valence-corrected chi connectivity index (χ1v) is 7.42.